The molecule has 0 aromatic heterocycles. The second kappa shape index (κ2) is 5.71. The predicted octanol–water partition coefficient (Wildman–Crippen LogP) is 2.84. The van der Waals surface area contributed by atoms with E-state index in [1.54, 1.807) is 0 Å². The fourth-order valence-electron chi connectivity index (χ4n) is 3.87. The number of nitrogens with zero attached hydrogens (tertiary/aromatic N) is 2. The van der Waals surface area contributed by atoms with Crippen LogP contribution in [0, 0.1) is 11.8 Å². The van der Waals surface area contributed by atoms with E-state index in [9.17, 15) is 0 Å². The molecule has 0 aliphatic carbocycles. The van der Waals surface area contributed by atoms with E-state index in [4.69, 9.17) is 0 Å². The molecule has 0 radical (unpaired) electrons. The molecule has 2 fully saturated rings. The number of hydrogen-bond donors (Lipinski definition) is 0. The van der Waals surface area contributed by atoms with Crippen LogP contribution in [0.4, 0.5) is 0 Å². The summed E-state index contributed by atoms with van der Waals surface area (Å²) in [6.07, 6.45) is 5.47. The second-order valence-electron chi connectivity index (χ2n) is 6.29. The largest absolute Gasteiger partial charge is 0.302 e. The molecule has 2 saturated heterocycles. The van der Waals surface area contributed by atoms with Crippen LogP contribution in [0.3, 0.4) is 0 Å². The summed E-state index contributed by atoms with van der Waals surface area (Å²) < 4.78 is 0. The van der Waals surface area contributed by atoms with Gasteiger partial charge in [0.1, 0.15) is 0 Å². The predicted molar refractivity (Wildman–Crippen MR) is 74.2 cm³/mol. The number of rotatable bonds is 5. The molecule has 0 N–H and O–H groups in total. The molecule has 17 heavy (non-hydrogen) atoms. The van der Waals surface area contributed by atoms with Crippen LogP contribution in [-0.4, -0.2) is 48.6 Å². The van der Waals surface area contributed by atoms with Crippen LogP contribution in [0.1, 0.15) is 46.5 Å². The van der Waals surface area contributed by atoms with Crippen LogP contribution >= 0.6 is 0 Å². The van der Waals surface area contributed by atoms with E-state index in [2.05, 4.69) is 37.6 Å². The maximum absolute atomic E-state index is 2.81. The van der Waals surface area contributed by atoms with E-state index >= 15 is 0 Å². The lowest BCUT2D eigenvalue weighted by Gasteiger charge is -2.33. The summed E-state index contributed by atoms with van der Waals surface area (Å²) in [4.78, 5) is 5.40. The minimum absolute atomic E-state index is 0.837. The third kappa shape index (κ3) is 2.68. The van der Waals surface area contributed by atoms with Gasteiger partial charge in [0.05, 0.1) is 0 Å². The smallest absolute Gasteiger partial charge is 0.0261 e. The average Bonchev–Trinajstić information content (AvgIpc) is 2.88. The highest BCUT2D eigenvalue weighted by molar-refractivity contribution is 4.97. The molecule has 2 heteroatoms. The van der Waals surface area contributed by atoms with E-state index in [-0.39, 0.29) is 0 Å². The zero-order valence-electron chi connectivity index (χ0n) is 12.2. The van der Waals surface area contributed by atoms with Crippen molar-refractivity contribution in [2.24, 2.45) is 11.8 Å². The van der Waals surface area contributed by atoms with E-state index in [0.717, 1.165) is 23.9 Å². The van der Waals surface area contributed by atoms with E-state index in [1.807, 2.05) is 0 Å². The molecule has 0 aromatic carbocycles. The Bertz CT molecular complexity index is 241. The minimum atomic E-state index is 0.837. The molecule has 2 aliphatic heterocycles. The normalized spacial score (nSPS) is 33.9. The first-order valence-electron chi connectivity index (χ1n) is 7.61. The fraction of sp³-hybridized carbons (Fsp3) is 1.00. The van der Waals surface area contributed by atoms with Crippen molar-refractivity contribution in [2.75, 3.05) is 26.7 Å². The Morgan fingerprint density at radius 3 is 2.59 bits per heavy atom. The van der Waals surface area contributed by atoms with Crippen LogP contribution in [0.5, 0.6) is 0 Å². The SMILES string of the molecule is CCCC(C(C)CC)N1CC2CCN(C)C2C1. The Hall–Kier alpha value is -0.0800. The summed E-state index contributed by atoms with van der Waals surface area (Å²) in [6.45, 7) is 11.1. The van der Waals surface area contributed by atoms with Gasteiger partial charge in [-0.2, -0.15) is 0 Å². The highest BCUT2D eigenvalue weighted by Crippen LogP contribution is 2.34. The molecule has 4 unspecified atom stereocenters. The maximum atomic E-state index is 2.81. The van der Waals surface area contributed by atoms with Gasteiger partial charge < -0.3 is 4.90 Å². The summed E-state index contributed by atoms with van der Waals surface area (Å²) >= 11 is 0. The topological polar surface area (TPSA) is 6.48 Å². The molecule has 100 valence electrons. The first kappa shape index (κ1) is 13.4. The summed E-state index contributed by atoms with van der Waals surface area (Å²) in [5.74, 6) is 1.82. The van der Waals surface area contributed by atoms with Crippen molar-refractivity contribution < 1.29 is 0 Å². The number of likely N-dealkylation sites (N-methyl/N-ethyl adjacent to an activating group) is 1. The van der Waals surface area contributed by atoms with Crippen molar-refractivity contribution in [3.05, 3.63) is 0 Å². The molecule has 2 heterocycles. The van der Waals surface area contributed by atoms with Crippen molar-refractivity contribution in [1.82, 2.24) is 9.80 Å². The summed E-state index contributed by atoms with van der Waals surface area (Å²) in [6, 6.07) is 1.70. The molecule has 4 atom stereocenters. The van der Waals surface area contributed by atoms with Crippen molar-refractivity contribution in [1.29, 1.82) is 0 Å². The van der Waals surface area contributed by atoms with Crippen LogP contribution in [-0.2, 0) is 0 Å². The standard InChI is InChI=1S/C15H30N2/c1-5-7-14(12(3)6-2)17-10-13-8-9-16(4)15(13)11-17/h12-15H,5-11H2,1-4H3. The van der Waals surface area contributed by atoms with E-state index in [0.29, 0.717) is 0 Å². The van der Waals surface area contributed by atoms with Crippen LogP contribution in [0.2, 0.25) is 0 Å². The molecule has 0 amide bonds. The lowest BCUT2D eigenvalue weighted by Crippen LogP contribution is -2.40. The van der Waals surface area contributed by atoms with Gasteiger partial charge >= 0.3 is 0 Å². The Kier molecular flexibility index (Phi) is 4.48. The van der Waals surface area contributed by atoms with Gasteiger partial charge in [-0.05, 0) is 38.3 Å². The van der Waals surface area contributed by atoms with E-state index in [1.165, 1.54) is 45.3 Å². The van der Waals surface area contributed by atoms with Gasteiger partial charge in [-0.25, -0.2) is 0 Å². The van der Waals surface area contributed by atoms with Crippen LogP contribution in [0.25, 0.3) is 0 Å². The average molecular weight is 238 g/mol. The zero-order chi connectivity index (χ0) is 12.4. The maximum Gasteiger partial charge on any atom is 0.0261 e. The Morgan fingerprint density at radius 2 is 2.00 bits per heavy atom. The third-order valence-corrected chi connectivity index (χ3v) is 5.21. The Morgan fingerprint density at radius 1 is 1.24 bits per heavy atom. The van der Waals surface area contributed by atoms with Gasteiger partial charge in [-0.15, -0.1) is 0 Å². The zero-order valence-corrected chi connectivity index (χ0v) is 12.2. The van der Waals surface area contributed by atoms with Crippen molar-refractivity contribution in [2.45, 2.75) is 58.5 Å². The Balaban J connectivity index is 1.97. The van der Waals surface area contributed by atoms with Crippen molar-refractivity contribution in [3.8, 4) is 0 Å². The van der Waals surface area contributed by atoms with Gasteiger partial charge in [0.15, 0.2) is 0 Å². The lowest BCUT2D eigenvalue weighted by atomic mass is 9.94. The quantitative estimate of drug-likeness (QED) is 0.727. The number of fused-ring (bicyclic) bond motifs is 1. The molecular formula is C15H30N2. The molecule has 0 spiro atoms. The molecule has 0 bridgehead atoms. The van der Waals surface area contributed by atoms with Gasteiger partial charge in [-0.3, -0.25) is 4.90 Å². The number of hydrogen-bond acceptors (Lipinski definition) is 2. The monoisotopic (exact) mass is 238 g/mol. The van der Waals surface area contributed by atoms with Gasteiger partial charge in [-0.1, -0.05) is 33.6 Å². The lowest BCUT2D eigenvalue weighted by molar-refractivity contribution is 0.147. The number of likely N-dealkylation sites (tertiary alicyclic amines) is 2. The third-order valence-electron chi connectivity index (χ3n) is 5.21. The summed E-state index contributed by atoms with van der Waals surface area (Å²) in [5, 5.41) is 0. The van der Waals surface area contributed by atoms with Crippen LogP contribution in [0.15, 0.2) is 0 Å². The minimum Gasteiger partial charge on any atom is -0.302 e. The first-order valence-corrected chi connectivity index (χ1v) is 7.61. The molecule has 2 nitrogen and oxygen atoms in total. The summed E-state index contributed by atoms with van der Waals surface area (Å²) in [7, 11) is 2.31. The highest BCUT2D eigenvalue weighted by atomic mass is 15.3. The summed E-state index contributed by atoms with van der Waals surface area (Å²) in [5.41, 5.74) is 0. The van der Waals surface area contributed by atoms with Gasteiger partial charge in [0.2, 0.25) is 0 Å². The van der Waals surface area contributed by atoms with E-state index < -0.39 is 0 Å². The highest BCUT2D eigenvalue weighted by Gasteiger charge is 2.41. The van der Waals surface area contributed by atoms with Crippen molar-refractivity contribution >= 4 is 0 Å². The molecule has 0 saturated carbocycles. The van der Waals surface area contributed by atoms with Gasteiger partial charge in [0, 0.05) is 25.2 Å². The van der Waals surface area contributed by atoms with Crippen molar-refractivity contribution in [3.63, 3.8) is 0 Å². The fourth-order valence-corrected chi connectivity index (χ4v) is 3.87. The van der Waals surface area contributed by atoms with Crippen LogP contribution < -0.4 is 0 Å². The molecular weight excluding hydrogens is 208 g/mol. The van der Waals surface area contributed by atoms with Gasteiger partial charge in [0.25, 0.3) is 0 Å². The molecule has 2 rings (SSSR count). The Labute approximate surface area is 107 Å². The molecule has 0 aromatic rings. The molecule has 2 aliphatic rings. The first-order chi connectivity index (χ1) is 8.17. The second-order valence-corrected chi connectivity index (χ2v) is 6.29.